The zero-order chi connectivity index (χ0) is 15.7. The molecule has 4 heteroatoms. The molecule has 0 N–H and O–H groups in total. The first-order chi connectivity index (χ1) is 10.6. The number of nitro benzene ring substituents is 1. The summed E-state index contributed by atoms with van der Waals surface area (Å²) in [4.78, 5) is 10.5. The zero-order valence-corrected chi connectivity index (χ0v) is 12.2. The van der Waals surface area contributed by atoms with Gasteiger partial charge in [0.1, 0.15) is 0 Å². The normalized spacial score (nSPS) is 14.4. The predicted octanol–water partition coefficient (Wildman–Crippen LogP) is 4.82. The number of non-ortho nitro benzene ring substituents is 1. The number of benzene rings is 2. The average molecular weight is 308 g/mol. The van der Waals surface area contributed by atoms with Crippen LogP contribution in [0.3, 0.4) is 0 Å². The fourth-order valence-electron chi connectivity index (χ4n) is 2.41. The third-order valence-electron chi connectivity index (χ3n) is 3.46. The maximum Gasteiger partial charge on any atom is 0.270 e. The Morgan fingerprint density at radius 2 is 1.86 bits per heavy atom. The van der Waals surface area contributed by atoms with Crippen molar-refractivity contribution in [3.8, 4) is 12.3 Å². The highest BCUT2D eigenvalue weighted by Gasteiger charge is 2.20. The molecule has 0 unspecified atom stereocenters. The van der Waals surface area contributed by atoms with Crippen LogP contribution in [0.1, 0.15) is 16.7 Å². The highest BCUT2D eigenvalue weighted by Crippen LogP contribution is 2.38. The second-order valence-corrected chi connectivity index (χ2v) is 5.28. The van der Waals surface area contributed by atoms with E-state index in [1.54, 1.807) is 6.07 Å². The van der Waals surface area contributed by atoms with Gasteiger partial charge < -0.3 is 0 Å². The number of nitro groups is 1. The molecule has 22 heavy (non-hydrogen) atoms. The number of rotatable bonds is 2. The molecule has 0 saturated heterocycles. The summed E-state index contributed by atoms with van der Waals surface area (Å²) >= 11 is 5.88. The second-order valence-electron chi connectivity index (χ2n) is 4.84. The molecule has 0 bridgehead atoms. The molecule has 0 heterocycles. The largest absolute Gasteiger partial charge is 0.270 e. The van der Waals surface area contributed by atoms with Crippen LogP contribution in [0.25, 0.3) is 17.2 Å². The topological polar surface area (TPSA) is 43.1 Å². The number of allylic oxidation sites excluding steroid dienone is 3. The van der Waals surface area contributed by atoms with Crippen LogP contribution in [0, 0.1) is 22.5 Å². The Labute approximate surface area is 132 Å². The quantitative estimate of drug-likeness (QED) is 0.453. The van der Waals surface area contributed by atoms with Crippen LogP contribution in [-0.2, 0) is 0 Å². The van der Waals surface area contributed by atoms with Gasteiger partial charge in [0.25, 0.3) is 5.69 Å². The molecular weight excluding hydrogens is 298 g/mol. The van der Waals surface area contributed by atoms with Crippen LogP contribution in [0.4, 0.5) is 5.69 Å². The van der Waals surface area contributed by atoms with E-state index in [0.29, 0.717) is 10.6 Å². The number of hydrogen-bond acceptors (Lipinski definition) is 2. The molecule has 0 amide bonds. The van der Waals surface area contributed by atoms with E-state index in [1.807, 2.05) is 36.4 Å². The first-order valence-electron chi connectivity index (χ1n) is 6.53. The summed E-state index contributed by atoms with van der Waals surface area (Å²) < 4.78 is 0. The van der Waals surface area contributed by atoms with E-state index in [0.717, 1.165) is 22.3 Å². The van der Waals surface area contributed by atoms with Gasteiger partial charge in [0.05, 0.1) is 4.92 Å². The summed E-state index contributed by atoms with van der Waals surface area (Å²) in [6, 6.07) is 12.2. The molecule has 0 fully saturated rings. The summed E-state index contributed by atoms with van der Waals surface area (Å²) in [5, 5.41) is 11.6. The number of hydrogen-bond donors (Lipinski definition) is 0. The van der Waals surface area contributed by atoms with Gasteiger partial charge in [-0.25, -0.2) is 0 Å². The molecule has 2 aromatic carbocycles. The highest BCUT2D eigenvalue weighted by molar-refractivity contribution is 6.30. The van der Waals surface area contributed by atoms with Crippen LogP contribution >= 0.6 is 11.6 Å². The number of nitrogens with zero attached hydrogens (tertiary/aromatic N) is 1. The molecule has 0 atom stereocenters. The van der Waals surface area contributed by atoms with Gasteiger partial charge in [0.15, 0.2) is 0 Å². The third kappa shape index (κ3) is 2.52. The predicted molar refractivity (Wildman–Crippen MR) is 89.2 cm³/mol. The van der Waals surface area contributed by atoms with Gasteiger partial charge in [-0.3, -0.25) is 10.1 Å². The van der Waals surface area contributed by atoms with Crippen molar-refractivity contribution in [3.05, 3.63) is 80.4 Å². The van der Waals surface area contributed by atoms with Crippen LogP contribution in [0.5, 0.6) is 0 Å². The van der Waals surface area contributed by atoms with Crippen molar-refractivity contribution in [1.82, 2.24) is 0 Å². The van der Waals surface area contributed by atoms with Gasteiger partial charge in [-0.1, -0.05) is 29.7 Å². The summed E-state index contributed by atoms with van der Waals surface area (Å²) in [6.45, 7) is 0. The number of halogens is 1. The molecule has 106 valence electrons. The third-order valence-corrected chi connectivity index (χ3v) is 3.71. The van der Waals surface area contributed by atoms with Crippen LogP contribution in [0.2, 0.25) is 5.02 Å². The van der Waals surface area contributed by atoms with E-state index in [1.165, 1.54) is 12.1 Å². The monoisotopic (exact) mass is 307 g/mol. The molecule has 0 saturated carbocycles. The van der Waals surface area contributed by atoms with E-state index in [2.05, 4.69) is 5.92 Å². The van der Waals surface area contributed by atoms with Crippen molar-refractivity contribution in [2.24, 2.45) is 0 Å². The lowest BCUT2D eigenvalue weighted by atomic mass is 10.0. The molecular formula is C18H10ClNO2. The Morgan fingerprint density at radius 3 is 2.50 bits per heavy atom. The maximum absolute atomic E-state index is 10.9. The number of terminal acetylenes is 1. The van der Waals surface area contributed by atoms with E-state index in [-0.39, 0.29) is 5.69 Å². The van der Waals surface area contributed by atoms with Crippen molar-refractivity contribution in [2.75, 3.05) is 0 Å². The summed E-state index contributed by atoms with van der Waals surface area (Å²) in [5.41, 5.74) is 4.22. The van der Waals surface area contributed by atoms with Crippen molar-refractivity contribution in [2.45, 2.75) is 0 Å². The van der Waals surface area contributed by atoms with Crippen LogP contribution in [0.15, 0.2) is 48.5 Å². The van der Waals surface area contributed by atoms with Gasteiger partial charge in [-0.15, -0.1) is 6.42 Å². The van der Waals surface area contributed by atoms with Crippen molar-refractivity contribution >= 4 is 34.5 Å². The van der Waals surface area contributed by atoms with E-state index in [4.69, 9.17) is 18.0 Å². The fraction of sp³-hybridized carbons (Fsp3) is 0. The molecule has 3 nitrogen and oxygen atoms in total. The Hall–Kier alpha value is -2.83. The minimum absolute atomic E-state index is 0.0349. The summed E-state index contributed by atoms with van der Waals surface area (Å²) in [5.74, 6) is 2.59. The Morgan fingerprint density at radius 1 is 1.14 bits per heavy atom. The second kappa shape index (κ2) is 5.51. The van der Waals surface area contributed by atoms with Crippen LogP contribution in [-0.4, -0.2) is 4.92 Å². The van der Waals surface area contributed by atoms with Crippen molar-refractivity contribution in [3.63, 3.8) is 0 Å². The SMILES string of the molecule is C#CC1=CC(=Cc2ccc(Cl)cc2)c2ccc([N+](=O)[O-])cc21. The first kappa shape index (κ1) is 14.1. The maximum atomic E-state index is 10.9. The Bertz CT molecular complexity index is 871. The first-order valence-corrected chi connectivity index (χ1v) is 6.91. The van der Waals surface area contributed by atoms with Gasteiger partial charge in [-0.2, -0.15) is 0 Å². The van der Waals surface area contributed by atoms with Gasteiger partial charge in [0.2, 0.25) is 0 Å². The molecule has 2 aromatic rings. The Balaban J connectivity index is 2.10. The van der Waals surface area contributed by atoms with Crippen molar-refractivity contribution < 1.29 is 4.92 Å². The lowest BCUT2D eigenvalue weighted by molar-refractivity contribution is -0.384. The standard InChI is InChI=1S/C18H10ClNO2/c1-2-13-10-14(9-12-3-5-15(19)6-4-12)17-8-7-16(20(21)22)11-18(13)17/h1,3-11H. The highest BCUT2D eigenvalue weighted by atomic mass is 35.5. The molecule has 1 aliphatic carbocycles. The summed E-state index contributed by atoms with van der Waals surface area (Å²) in [7, 11) is 0. The number of fused-ring (bicyclic) bond motifs is 1. The van der Waals surface area contributed by atoms with Gasteiger partial charge in [-0.05, 0) is 47.1 Å². The van der Waals surface area contributed by atoms with Crippen LogP contribution < -0.4 is 0 Å². The zero-order valence-electron chi connectivity index (χ0n) is 11.4. The van der Waals surface area contributed by atoms with Crippen molar-refractivity contribution in [1.29, 1.82) is 0 Å². The van der Waals surface area contributed by atoms with Gasteiger partial charge >= 0.3 is 0 Å². The molecule has 0 spiro atoms. The molecule has 3 rings (SSSR count). The minimum Gasteiger partial charge on any atom is -0.258 e. The molecule has 0 aromatic heterocycles. The molecule has 0 radical (unpaired) electrons. The Kier molecular flexibility index (Phi) is 3.54. The van der Waals surface area contributed by atoms with E-state index >= 15 is 0 Å². The lowest BCUT2D eigenvalue weighted by Crippen LogP contribution is -1.91. The van der Waals surface area contributed by atoms with E-state index < -0.39 is 4.92 Å². The van der Waals surface area contributed by atoms with Gasteiger partial charge in [0, 0.05) is 28.3 Å². The fourth-order valence-corrected chi connectivity index (χ4v) is 2.53. The molecule has 1 aliphatic rings. The van der Waals surface area contributed by atoms with E-state index in [9.17, 15) is 10.1 Å². The smallest absolute Gasteiger partial charge is 0.258 e. The minimum atomic E-state index is -0.421. The lowest BCUT2D eigenvalue weighted by Gasteiger charge is -2.02. The summed E-state index contributed by atoms with van der Waals surface area (Å²) in [6.07, 6.45) is 9.36. The molecule has 0 aliphatic heterocycles. The average Bonchev–Trinajstić information content (AvgIpc) is 2.86.